The van der Waals surface area contributed by atoms with Crippen LogP contribution < -0.4 is 4.74 Å². The summed E-state index contributed by atoms with van der Waals surface area (Å²) in [6.45, 7) is 2.22. The number of benzene rings is 1. The van der Waals surface area contributed by atoms with E-state index in [0.29, 0.717) is 5.92 Å². The zero-order valence-electron chi connectivity index (χ0n) is 13.7. The predicted molar refractivity (Wildman–Crippen MR) is 82.1 cm³/mol. The SMILES string of the molecule is CCC1CCC(CCc2ccc(OC(F)(F)C(F)(F)F)cc2)CC1. The minimum atomic E-state index is -5.72. The van der Waals surface area contributed by atoms with E-state index in [1.54, 1.807) is 12.1 Å². The van der Waals surface area contributed by atoms with Gasteiger partial charge in [0, 0.05) is 0 Å². The van der Waals surface area contributed by atoms with Crippen molar-refractivity contribution in [1.29, 1.82) is 0 Å². The van der Waals surface area contributed by atoms with E-state index in [1.807, 2.05) is 0 Å². The molecule has 6 heteroatoms. The predicted octanol–water partition coefficient (Wildman–Crippen LogP) is 6.37. The lowest BCUT2D eigenvalue weighted by Crippen LogP contribution is -2.41. The second-order valence-corrected chi connectivity index (χ2v) is 6.59. The molecule has 24 heavy (non-hydrogen) atoms. The molecule has 0 amide bonds. The van der Waals surface area contributed by atoms with Crippen LogP contribution in [0.5, 0.6) is 5.75 Å². The van der Waals surface area contributed by atoms with Gasteiger partial charge in [-0.25, -0.2) is 0 Å². The van der Waals surface area contributed by atoms with Crippen LogP contribution in [0.3, 0.4) is 0 Å². The normalized spacial score (nSPS) is 22.4. The van der Waals surface area contributed by atoms with Crippen LogP contribution >= 0.6 is 0 Å². The van der Waals surface area contributed by atoms with Crippen molar-refractivity contribution in [3.8, 4) is 5.75 Å². The minimum Gasteiger partial charge on any atom is -0.426 e. The molecule has 0 N–H and O–H groups in total. The summed E-state index contributed by atoms with van der Waals surface area (Å²) in [4.78, 5) is 0. The molecule has 0 bridgehead atoms. The molecular formula is C18H23F5O. The third-order valence-corrected chi connectivity index (χ3v) is 4.88. The first-order valence-electron chi connectivity index (χ1n) is 8.43. The summed E-state index contributed by atoms with van der Waals surface area (Å²) in [5.74, 6) is 1.04. The third-order valence-electron chi connectivity index (χ3n) is 4.88. The number of alkyl halides is 5. The molecule has 1 aliphatic carbocycles. The van der Waals surface area contributed by atoms with Gasteiger partial charge in [0.25, 0.3) is 0 Å². The monoisotopic (exact) mass is 350 g/mol. The second kappa shape index (κ2) is 7.70. The molecule has 2 rings (SSSR count). The maximum atomic E-state index is 12.8. The molecule has 1 aromatic rings. The Bertz CT molecular complexity index is 501. The lowest BCUT2D eigenvalue weighted by atomic mass is 9.78. The lowest BCUT2D eigenvalue weighted by Gasteiger charge is -2.27. The van der Waals surface area contributed by atoms with E-state index in [0.717, 1.165) is 24.3 Å². The van der Waals surface area contributed by atoms with Crippen molar-refractivity contribution < 1.29 is 26.7 Å². The fourth-order valence-electron chi connectivity index (χ4n) is 3.23. The number of hydrogen-bond donors (Lipinski definition) is 0. The van der Waals surface area contributed by atoms with Gasteiger partial charge in [0.05, 0.1) is 0 Å². The summed E-state index contributed by atoms with van der Waals surface area (Å²) in [6, 6.07) is 5.45. The van der Waals surface area contributed by atoms with E-state index in [1.165, 1.54) is 44.2 Å². The number of halogens is 5. The Morgan fingerprint density at radius 3 is 1.96 bits per heavy atom. The molecular weight excluding hydrogens is 327 g/mol. The highest BCUT2D eigenvalue weighted by atomic mass is 19.4. The number of aryl methyl sites for hydroxylation is 1. The molecule has 0 saturated heterocycles. The number of hydrogen-bond acceptors (Lipinski definition) is 1. The fraction of sp³-hybridized carbons (Fsp3) is 0.667. The van der Waals surface area contributed by atoms with Crippen molar-refractivity contribution >= 4 is 0 Å². The highest BCUT2D eigenvalue weighted by Crippen LogP contribution is 2.37. The molecule has 0 aromatic heterocycles. The summed E-state index contributed by atoms with van der Waals surface area (Å²) in [6.07, 6.45) is -2.87. The van der Waals surface area contributed by atoms with Crippen molar-refractivity contribution in [2.45, 2.75) is 64.2 Å². The van der Waals surface area contributed by atoms with Gasteiger partial charge in [-0.3, -0.25) is 0 Å². The van der Waals surface area contributed by atoms with Gasteiger partial charge in [-0.1, -0.05) is 51.2 Å². The molecule has 0 aliphatic heterocycles. The third kappa shape index (κ3) is 5.08. The average molecular weight is 350 g/mol. The average Bonchev–Trinajstić information content (AvgIpc) is 2.53. The van der Waals surface area contributed by atoms with Crippen LogP contribution in [-0.2, 0) is 6.42 Å². The van der Waals surface area contributed by atoms with Gasteiger partial charge < -0.3 is 4.74 Å². The van der Waals surface area contributed by atoms with Gasteiger partial charge in [-0.05, 0) is 42.4 Å². The van der Waals surface area contributed by atoms with Crippen LogP contribution in [0, 0.1) is 11.8 Å². The van der Waals surface area contributed by atoms with Crippen LogP contribution in [0.2, 0.25) is 0 Å². The largest absolute Gasteiger partial charge is 0.499 e. The molecule has 1 nitrogen and oxygen atoms in total. The van der Waals surface area contributed by atoms with E-state index >= 15 is 0 Å². The molecule has 136 valence electrons. The van der Waals surface area contributed by atoms with Gasteiger partial charge in [0.2, 0.25) is 0 Å². The van der Waals surface area contributed by atoms with Gasteiger partial charge in [0.1, 0.15) is 5.75 Å². The topological polar surface area (TPSA) is 9.23 Å². The highest BCUT2D eigenvalue weighted by Gasteiger charge is 2.61. The van der Waals surface area contributed by atoms with Crippen molar-refractivity contribution in [3.05, 3.63) is 29.8 Å². The number of rotatable bonds is 6. The Balaban J connectivity index is 1.82. The van der Waals surface area contributed by atoms with E-state index in [2.05, 4.69) is 11.7 Å². The Morgan fingerprint density at radius 1 is 0.917 bits per heavy atom. The van der Waals surface area contributed by atoms with Crippen LogP contribution in [-0.4, -0.2) is 12.3 Å². The first-order valence-corrected chi connectivity index (χ1v) is 8.43. The van der Waals surface area contributed by atoms with Crippen LogP contribution in [0.25, 0.3) is 0 Å². The molecule has 0 unspecified atom stereocenters. The molecule has 1 fully saturated rings. The van der Waals surface area contributed by atoms with E-state index < -0.39 is 18.0 Å². The van der Waals surface area contributed by atoms with Gasteiger partial charge in [-0.15, -0.1) is 0 Å². The standard InChI is InChI=1S/C18H23F5O/c1-2-13-3-5-14(6-4-13)7-8-15-9-11-16(12-10-15)24-18(22,23)17(19,20)21/h9-14H,2-8H2,1H3. The van der Waals surface area contributed by atoms with Gasteiger partial charge >= 0.3 is 12.3 Å². The first kappa shape index (κ1) is 19.0. The molecule has 1 aliphatic rings. The van der Waals surface area contributed by atoms with Gasteiger partial charge in [-0.2, -0.15) is 22.0 Å². The fourth-order valence-corrected chi connectivity index (χ4v) is 3.23. The smallest absolute Gasteiger partial charge is 0.426 e. The number of ether oxygens (including phenoxy) is 1. The molecule has 1 aromatic carbocycles. The Kier molecular flexibility index (Phi) is 6.10. The minimum absolute atomic E-state index is 0.482. The Labute approximate surface area is 139 Å². The van der Waals surface area contributed by atoms with Crippen molar-refractivity contribution in [3.63, 3.8) is 0 Å². The molecule has 0 heterocycles. The van der Waals surface area contributed by atoms with E-state index in [9.17, 15) is 22.0 Å². The van der Waals surface area contributed by atoms with Crippen LogP contribution in [0.15, 0.2) is 24.3 Å². The van der Waals surface area contributed by atoms with Crippen molar-refractivity contribution in [2.24, 2.45) is 11.8 Å². The zero-order chi connectivity index (χ0) is 17.8. The van der Waals surface area contributed by atoms with Gasteiger partial charge in [0.15, 0.2) is 0 Å². The lowest BCUT2D eigenvalue weighted by molar-refractivity contribution is -0.360. The van der Waals surface area contributed by atoms with Crippen molar-refractivity contribution in [2.75, 3.05) is 0 Å². The maximum absolute atomic E-state index is 12.8. The molecule has 0 atom stereocenters. The Hall–Kier alpha value is -1.33. The molecule has 0 spiro atoms. The Morgan fingerprint density at radius 2 is 1.46 bits per heavy atom. The van der Waals surface area contributed by atoms with Crippen molar-refractivity contribution in [1.82, 2.24) is 0 Å². The van der Waals surface area contributed by atoms with Crippen LogP contribution in [0.1, 0.15) is 51.0 Å². The first-order chi connectivity index (χ1) is 11.2. The summed E-state index contributed by atoms with van der Waals surface area (Å²) < 4.78 is 65.7. The second-order valence-electron chi connectivity index (χ2n) is 6.59. The summed E-state index contributed by atoms with van der Waals surface area (Å²) in [7, 11) is 0. The molecule has 0 radical (unpaired) electrons. The maximum Gasteiger partial charge on any atom is 0.499 e. The quantitative estimate of drug-likeness (QED) is 0.542. The van der Waals surface area contributed by atoms with E-state index in [4.69, 9.17) is 0 Å². The van der Waals surface area contributed by atoms with E-state index in [-0.39, 0.29) is 0 Å². The van der Waals surface area contributed by atoms with Crippen LogP contribution in [0.4, 0.5) is 22.0 Å². The molecule has 1 saturated carbocycles. The highest BCUT2D eigenvalue weighted by molar-refractivity contribution is 5.27. The summed E-state index contributed by atoms with van der Waals surface area (Å²) in [5.41, 5.74) is 0.926. The zero-order valence-corrected chi connectivity index (χ0v) is 13.7. The summed E-state index contributed by atoms with van der Waals surface area (Å²) >= 11 is 0. The summed E-state index contributed by atoms with van der Waals surface area (Å²) in [5, 5.41) is 0.